The second-order valence-corrected chi connectivity index (χ2v) is 8.00. The standard InChI is InChI=1S/C23H40N6O.HI/c1-5-24-23(25-13-7-8-14-29-17-15-28(6-2)16-18-29)26-19-20-9-11-21(12-10-20)22(30)27(3)4;/h9-12H,5-8,13-19H2,1-4H3,(H2,24,25,26);1H. The maximum atomic E-state index is 12.0. The molecule has 0 radical (unpaired) electrons. The molecule has 176 valence electrons. The van der Waals surface area contributed by atoms with Crippen molar-refractivity contribution in [1.29, 1.82) is 0 Å². The molecule has 1 amide bonds. The fourth-order valence-corrected chi connectivity index (χ4v) is 3.52. The molecule has 1 aliphatic heterocycles. The molecule has 2 N–H and O–H groups in total. The lowest BCUT2D eigenvalue weighted by molar-refractivity contribution is 0.0827. The van der Waals surface area contributed by atoms with Crippen LogP contribution in [0.2, 0.25) is 0 Å². The average molecular weight is 545 g/mol. The Bertz CT molecular complexity index is 657. The van der Waals surface area contributed by atoms with E-state index in [2.05, 4.69) is 39.3 Å². The normalized spacial score (nSPS) is 15.3. The first-order valence-corrected chi connectivity index (χ1v) is 11.3. The average Bonchev–Trinajstić information content (AvgIpc) is 2.77. The van der Waals surface area contributed by atoms with Crippen LogP contribution in [0.1, 0.15) is 42.6 Å². The number of nitrogens with zero attached hydrogens (tertiary/aromatic N) is 4. The van der Waals surface area contributed by atoms with Gasteiger partial charge in [-0.2, -0.15) is 0 Å². The molecule has 0 aliphatic carbocycles. The highest BCUT2D eigenvalue weighted by Gasteiger charge is 2.14. The number of rotatable bonds is 10. The number of halogens is 1. The molecule has 7 nitrogen and oxygen atoms in total. The first kappa shape index (κ1) is 27.6. The van der Waals surface area contributed by atoms with Crippen molar-refractivity contribution in [3.63, 3.8) is 0 Å². The highest BCUT2D eigenvalue weighted by molar-refractivity contribution is 14.0. The minimum absolute atomic E-state index is 0. The van der Waals surface area contributed by atoms with Gasteiger partial charge in [0.25, 0.3) is 5.91 Å². The van der Waals surface area contributed by atoms with Crippen LogP contribution in [0.25, 0.3) is 0 Å². The molecule has 0 bridgehead atoms. The van der Waals surface area contributed by atoms with Crippen LogP contribution in [0.15, 0.2) is 29.3 Å². The molecule has 1 aliphatic rings. The Morgan fingerprint density at radius 2 is 1.65 bits per heavy atom. The number of nitrogens with one attached hydrogen (secondary N) is 2. The van der Waals surface area contributed by atoms with E-state index in [0.717, 1.165) is 31.0 Å². The summed E-state index contributed by atoms with van der Waals surface area (Å²) in [5, 5.41) is 6.75. The van der Waals surface area contributed by atoms with Gasteiger partial charge in [-0.05, 0) is 50.6 Å². The van der Waals surface area contributed by atoms with E-state index >= 15 is 0 Å². The molecule has 0 aromatic heterocycles. The molecular formula is C23H41IN6O. The summed E-state index contributed by atoms with van der Waals surface area (Å²) in [6.45, 7) is 13.8. The van der Waals surface area contributed by atoms with Gasteiger partial charge >= 0.3 is 0 Å². The fraction of sp³-hybridized carbons (Fsp3) is 0.652. The van der Waals surface area contributed by atoms with E-state index in [1.165, 1.54) is 45.7 Å². The third kappa shape index (κ3) is 10.2. The zero-order chi connectivity index (χ0) is 21.8. The second kappa shape index (κ2) is 15.4. The van der Waals surface area contributed by atoms with Gasteiger partial charge in [-0.15, -0.1) is 24.0 Å². The van der Waals surface area contributed by atoms with Crippen LogP contribution in [0, 0.1) is 0 Å². The Labute approximate surface area is 205 Å². The van der Waals surface area contributed by atoms with Crippen molar-refractivity contribution in [3.05, 3.63) is 35.4 Å². The van der Waals surface area contributed by atoms with E-state index in [0.29, 0.717) is 12.1 Å². The summed E-state index contributed by atoms with van der Waals surface area (Å²) in [6, 6.07) is 7.69. The Balaban J connectivity index is 0.00000480. The second-order valence-electron chi connectivity index (χ2n) is 8.00. The van der Waals surface area contributed by atoms with Crippen molar-refractivity contribution in [1.82, 2.24) is 25.3 Å². The molecular weight excluding hydrogens is 503 g/mol. The van der Waals surface area contributed by atoms with Gasteiger partial charge in [-0.25, -0.2) is 4.99 Å². The quantitative estimate of drug-likeness (QED) is 0.205. The minimum atomic E-state index is 0. The van der Waals surface area contributed by atoms with E-state index < -0.39 is 0 Å². The number of amides is 1. The summed E-state index contributed by atoms with van der Waals surface area (Å²) in [7, 11) is 3.53. The van der Waals surface area contributed by atoms with E-state index in [4.69, 9.17) is 0 Å². The van der Waals surface area contributed by atoms with E-state index in [1.54, 1.807) is 19.0 Å². The van der Waals surface area contributed by atoms with Crippen molar-refractivity contribution in [2.75, 3.05) is 66.5 Å². The smallest absolute Gasteiger partial charge is 0.253 e. The van der Waals surface area contributed by atoms with Gasteiger partial charge in [0.15, 0.2) is 5.96 Å². The van der Waals surface area contributed by atoms with Gasteiger partial charge in [-0.3, -0.25) is 4.79 Å². The first-order chi connectivity index (χ1) is 14.5. The molecule has 0 unspecified atom stereocenters. The number of benzene rings is 1. The summed E-state index contributed by atoms with van der Waals surface area (Å²) >= 11 is 0. The van der Waals surface area contributed by atoms with Crippen LogP contribution in [0.4, 0.5) is 0 Å². The van der Waals surface area contributed by atoms with Crippen molar-refractivity contribution < 1.29 is 4.79 Å². The number of likely N-dealkylation sites (N-methyl/N-ethyl adjacent to an activating group) is 1. The van der Waals surface area contributed by atoms with Crippen LogP contribution in [0.3, 0.4) is 0 Å². The number of hydrogen-bond acceptors (Lipinski definition) is 4. The molecule has 0 atom stereocenters. The summed E-state index contributed by atoms with van der Waals surface area (Å²) in [6.07, 6.45) is 2.35. The number of guanidine groups is 1. The van der Waals surface area contributed by atoms with Gasteiger partial charge in [-0.1, -0.05) is 19.1 Å². The van der Waals surface area contributed by atoms with Gasteiger partial charge in [0.2, 0.25) is 0 Å². The fourth-order valence-electron chi connectivity index (χ4n) is 3.52. The predicted molar refractivity (Wildman–Crippen MR) is 140 cm³/mol. The number of carbonyl (C=O) groups is 1. The first-order valence-electron chi connectivity index (χ1n) is 11.3. The maximum absolute atomic E-state index is 12.0. The zero-order valence-electron chi connectivity index (χ0n) is 19.7. The lowest BCUT2D eigenvalue weighted by Crippen LogP contribution is -2.46. The van der Waals surface area contributed by atoms with E-state index in [-0.39, 0.29) is 29.9 Å². The molecule has 8 heteroatoms. The van der Waals surface area contributed by atoms with Gasteiger partial charge in [0, 0.05) is 58.9 Å². The molecule has 0 saturated carbocycles. The Kier molecular flexibility index (Phi) is 13.7. The number of piperazine rings is 1. The Hall–Kier alpha value is -1.39. The van der Waals surface area contributed by atoms with Crippen LogP contribution in [-0.4, -0.2) is 93.0 Å². The number of unbranched alkanes of at least 4 members (excludes halogenated alkanes) is 1. The summed E-state index contributed by atoms with van der Waals surface area (Å²) in [5.74, 6) is 0.870. The van der Waals surface area contributed by atoms with E-state index in [9.17, 15) is 4.79 Å². The SMILES string of the molecule is CCNC(=NCc1ccc(C(=O)N(C)C)cc1)NCCCCN1CCN(CC)CC1.I. The highest BCUT2D eigenvalue weighted by Crippen LogP contribution is 2.07. The molecule has 1 aromatic carbocycles. The summed E-state index contributed by atoms with van der Waals surface area (Å²) in [5.41, 5.74) is 1.79. The van der Waals surface area contributed by atoms with Crippen molar-refractivity contribution in [2.45, 2.75) is 33.2 Å². The van der Waals surface area contributed by atoms with Crippen molar-refractivity contribution in [3.8, 4) is 0 Å². The van der Waals surface area contributed by atoms with Crippen LogP contribution < -0.4 is 10.6 Å². The topological polar surface area (TPSA) is 63.2 Å². The number of hydrogen-bond donors (Lipinski definition) is 2. The van der Waals surface area contributed by atoms with Gasteiger partial charge in [0.1, 0.15) is 0 Å². The van der Waals surface area contributed by atoms with Gasteiger partial charge < -0.3 is 25.3 Å². The largest absolute Gasteiger partial charge is 0.357 e. The Morgan fingerprint density at radius 1 is 1.00 bits per heavy atom. The minimum Gasteiger partial charge on any atom is -0.357 e. The molecule has 0 spiro atoms. The lowest BCUT2D eigenvalue weighted by Gasteiger charge is -2.34. The summed E-state index contributed by atoms with van der Waals surface area (Å²) in [4.78, 5) is 23.3. The van der Waals surface area contributed by atoms with Crippen LogP contribution in [-0.2, 0) is 6.54 Å². The van der Waals surface area contributed by atoms with Crippen molar-refractivity contribution >= 4 is 35.8 Å². The molecule has 31 heavy (non-hydrogen) atoms. The third-order valence-electron chi connectivity index (χ3n) is 5.48. The van der Waals surface area contributed by atoms with Crippen molar-refractivity contribution in [2.24, 2.45) is 4.99 Å². The molecule has 1 aromatic rings. The maximum Gasteiger partial charge on any atom is 0.253 e. The lowest BCUT2D eigenvalue weighted by atomic mass is 10.1. The number of carbonyl (C=O) groups excluding carboxylic acids is 1. The Morgan fingerprint density at radius 3 is 2.23 bits per heavy atom. The molecule has 2 rings (SSSR count). The van der Waals surface area contributed by atoms with Crippen LogP contribution in [0.5, 0.6) is 0 Å². The number of aliphatic imine (C=N–C) groups is 1. The molecule has 1 saturated heterocycles. The third-order valence-corrected chi connectivity index (χ3v) is 5.48. The molecule has 1 heterocycles. The zero-order valence-corrected chi connectivity index (χ0v) is 22.0. The molecule has 1 fully saturated rings. The highest BCUT2D eigenvalue weighted by atomic mass is 127. The predicted octanol–water partition coefficient (Wildman–Crippen LogP) is 2.48. The monoisotopic (exact) mass is 544 g/mol. The van der Waals surface area contributed by atoms with E-state index in [1.807, 2.05) is 24.3 Å². The van der Waals surface area contributed by atoms with Crippen LogP contribution >= 0.6 is 24.0 Å². The summed E-state index contributed by atoms with van der Waals surface area (Å²) < 4.78 is 0. The van der Waals surface area contributed by atoms with Gasteiger partial charge in [0.05, 0.1) is 6.54 Å².